The molecule has 3 N–H and O–H groups in total. The van der Waals surface area contributed by atoms with Crippen molar-refractivity contribution in [2.75, 3.05) is 0 Å². The van der Waals surface area contributed by atoms with Crippen molar-refractivity contribution in [2.45, 2.75) is 94.8 Å². The molecule has 42 heavy (non-hydrogen) atoms. The maximum Gasteiger partial charge on any atom is 0.408 e. The maximum atomic E-state index is 13.2. The van der Waals surface area contributed by atoms with E-state index in [1.807, 2.05) is 5.32 Å². The van der Waals surface area contributed by atoms with Crippen LogP contribution in [0.5, 0.6) is 0 Å². The third-order valence-corrected chi connectivity index (χ3v) is 9.88. The standard InChI is InChI=1S/C30H33F3N4O4S/c1-16(30(31,32)33)35-25(38)19-10-18(11-21(12-19)29(15-34)7-8-29)24-23(9-17-5-3-2-4-6-17)37-27(42-24)26(39)36-22-13-20(14-22)28(40)41/h10-12,16-17,20,22H,2-9,13-14H2,1H3,(H,35,38)(H,36,39)(H,40,41)/t16-,20?,22?/m0/s1. The van der Waals surface area contributed by atoms with Gasteiger partial charge < -0.3 is 15.7 Å². The lowest BCUT2D eigenvalue weighted by atomic mass is 9.80. The van der Waals surface area contributed by atoms with Gasteiger partial charge in [-0.05, 0) is 74.3 Å². The van der Waals surface area contributed by atoms with Gasteiger partial charge in [-0.2, -0.15) is 18.4 Å². The molecule has 0 spiro atoms. The van der Waals surface area contributed by atoms with Crippen molar-refractivity contribution >= 4 is 29.1 Å². The molecule has 2 amide bonds. The molecular weight excluding hydrogens is 569 g/mol. The minimum absolute atomic E-state index is 0.0114. The normalized spacial score (nSPS) is 22.4. The number of hydrogen-bond acceptors (Lipinski definition) is 6. The predicted molar refractivity (Wildman–Crippen MR) is 149 cm³/mol. The molecule has 2 aromatic rings. The van der Waals surface area contributed by atoms with Gasteiger partial charge in [-0.25, -0.2) is 4.98 Å². The molecule has 0 radical (unpaired) electrons. The zero-order valence-electron chi connectivity index (χ0n) is 23.2. The number of rotatable bonds is 9. The Labute approximate surface area is 245 Å². The number of carboxylic acids is 1. The lowest BCUT2D eigenvalue weighted by Gasteiger charge is -2.32. The first kappa shape index (κ1) is 30.0. The van der Waals surface area contributed by atoms with E-state index in [0.29, 0.717) is 59.7 Å². The van der Waals surface area contributed by atoms with Crippen molar-refractivity contribution in [2.24, 2.45) is 11.8 Å². The van der Waals surface area contributed by atoms with Crippen LogP contribution in [0.15, 0.2) is 18.2 Å². The monoisotopic (exact) mass is 602 g/mol. The molecule has 224 valence electrons. The molecular formula is C30H33F3N4O4S. The number of benzene rings is 1. The Hall–Kier alpha value is -3.46. The van der Waals surface area contributed by atoms with Gasteiger partial charge in [-0.1, -0.05) is 32.1 Å². The van der Waals surface area contributed by atoms with Gasteiger partial charge in [0.15, 0.2) is 5.01 Å². The van der Waals surface area contributed by atoms with Crippen LogP contribution in [0.25, 0.3) is 10.4 Å². The van der Waals surface area contributed by atoms with Gasteiger partial charge in [0, 0.05) is 11.6 Å². The van der Waals surface area contributed by atoms with Gasteiger partial charge in [0.05, 0.1) is 28.0 Å². The second-order valence-corrected chi connectivity index (χ2v) is 12.9. The summed E-state index contributed by atoms with van der Waals surface area (Å²) in [6.45, 7) is 0.872. The first-order valence-corrected chi connectivity index (χ1v) is 15.2. The Morgan fingerprint density at radius 2 is 1.83 bits per heavy atom. The molecule has 0 unspecified atom stereocenters. The number of aliphatic carboxylic acids is 1. The first-order valence-electron chi connectivity index (χ1n) is 14.4. The van der Waals surface area contributed by atoms with E-state index in [4.69, 9.17) is 10.1 Å². The van der Waals surface area contributed by atoms with Crippen molar-refractivity contribution in [3.05, 3.63) is 40.0 Å². The van der Waals surface area contributed by atoms with Crippen LogP contribution < -0.4 is 10.6 Å². The molecule has 0 saturated heterocycles. The number of nitrogens with one attached hydrogen (secondary N) is 2. The van der Waals surface area contributed by atoms with E-state index in [0.717, 1.165) is 43.9 Å². The Morgan fingerprint density at radius 3 is 2.43 bits per heavy atom. The average molecular weight is 603 g/mol. The van der Waals surface area contributed by atoms with Gasteiger partial charge in [0.2, 0.25) is 0 Å². The smallest absolute Gasteiger partial charge is 0.408 e. The number of nitrogens with zero attached hydrogens (tertiary/aromatic N) is 2. The Balaban J connectivity index is 1.50. The number of carboxylic acid groups (broad SMARTS) is 1. The van der Waals surface area contributed by atoms with E-state index in [-0.39, 0.29) is 16.6 Å². The van der Waals surface area contributed by atoms with E-state index in [1.54, 1.807) is 6.07 Å². The summed E-state index contributed by atoms with van der Waals surface area (Å²) in [7, 11) is 0. The number of hydrogen-bond donors (Lipinski definition) is 3. The molecule has 3 aliphatic carbocycles. The number of thiazole rings is 1. The van der Waals surface area contributed by atoms with Crippen LogP contribution in [-0.2, 0) is 16.6 Å². The summed E-state index contributed by atoms with van der Waals surface area (Å²) in [6, 6.07) is 4.78. The van der Waals surface area contributed by atoms with Gasteiger partial charge >= 0.3 is 12.1 Å². The van der Waals surface area contributed by atoms with E-state index in [1.165, 1.54) is 18.6 Å². The molecule has 8 nitrogen and oxygen atoms in total. The Kier molecular flexibility index (Phi) is 8.34. The van der Waals surface area contributed by atoms with Crippen molar-refractivity contribution in [1.29, 1.82) is 5.26 Å². The van der Waals surface area contributed by atoms with Crippen molar-refractivity contribution < 1.29 is 32.7 Å². The van der Waals surface area contributed by atoms with Gasteiger partial charge in [-0.3, -0.25) is 14.4 Å². The molecule has 3 aliphatic rings. The van der Waals surface area contributed by atoms with Crippen LogP contribution in [0.3, 0.4) is 0 Å². The molecule has 0 bridgehead atoms. The molecule has 3 fully saturated rings. The largest absolute Gasteiger partial charge is 0.481 e. The minimum Gasteiger partial charge on any atom is -0.481 e. The summed E-state index contributed by atoms with van der Waals surface area (Å²) in [6.07, 6.45) is 3.28. The van der Waals surface area contributed by atoms with Crippen LogP contribution in [0.4, 0.5) is 13.2 Å². The van der Waals surface area contributed by atoms with E-state index in [2.05, 4.69) is 11.4 Å². The maximum absolute atomic E-state index is 13.2. The van der Waals surface area contributed by atoms with E-state index in [9.17, 15) is 32.8 Å². The first-order chi connectivity index (χ1) is 19.9. The van der Waals surface area contributed by atoms with E-state index >= 15 is 0 Å². The highest BCUT2D eigenvalue weighted by Crippen LogP contribution is 2.49. The summed E-state index contributed by atoms with van der Waals surface area (Å²) >= 11 is 1.14. The second kappa shape index (κ2) is 11.7. The Bertz CT molecular complexity index is 1420. The fourth-order valence-corrected chi connectivity index (χ4v) is 6.76. The molecule has 3 saturated carbocycles. The highest BCUT2D eigenvalue weighted by Gasteiger charge is 2.46. The SMILES string of the molecule is C[C@H](NC(=O)c1cc(-c2sc(C(=O)NC3CC(C(=O)O)C3)nc2CC2CCCCC2)cc(C2(C#N)CC2)c1)C(F)(F)F. The lowest BCUT2D eigenvalue weighted by Crippen LogP contribution is -2.46. The van der Waals surface area contributed by atoms with Crippen molar-refractivity contribution in [3.63, 3.8) is 0 Å². The predicted octanol–water partition coefficient (Wildman–Crippen LogP) is 5.76. The van der Waals surface area contributed by atoms with Crippen LogP contribution in [0.2, 0.25) is 0 Å². The zero-order valence-corrected chi connectivity index (χ0v) is 24.0. The number of nitriles is 1. The van der Waals surface area contributed by atoms with Crippen molar-refractivity contribution in [3.8, 4) is 16.5 Å². The topological polar surface area (TPSA) is 132 Å². The summed E-state index contributed by atoms with van der Waals surface area (Å²) in [5.74, 6) is -2.31. The molecule has 1 atom stereocenters. The average Bonchev–Trinajstić information content (AvgIpc) is 3.62. The van der Waals surface area contributed by atoms with Gasteiger partial charge in [0.25, 0.3) is 11.8 Å². The summed E-state index contributed by atoms with van der Waals surface area (Å²) in [5, 5.41) is 24.1. The minimum atomic E-state index is -4.61. The number of halogens is 3. The van der Waals surface area contributed by atoms with Crippen LogP contribution in [0, 0.1) is 23.2 Å². The van der Waals surface area contributed by atoms with Crippen LogP contribution in [-0.4, -0.2) is 46.1 Å². The zero-order chi connectivity index (χ0) is 30.2. The summed E-state index contributed by atoms with van der Waals surface area (Å²) < 4.78 is 39.6. The molecule has 0 aliphatic heterocycles. The van der Waals surface area contributed by atoms with Gasteiger partial charge in [0.1, 0.15) is 6.04 Å². The third kappa shape index (κ3) is 6.46. The van der Waals surface area contributed by atoms with E-state index < -0.39 is 41.3 Å². The number of carbonyl (C=O) groups is 3. The quantitative estimate of drug-likeness (QED) is 0.334. The third-order valence-electron chi connectivity index (χ3n) is 8.73. The number of amides is 2. The molecule has 5 rings (SSSR count). The molecule has 1 aromatic carbocycles. The summed E-state index contributed by atoms with van der Waals surface area (Å²) in [5.41, 5.74) is 0.987. The second-order valence-electron chi connectivity index (χ2n) is 11.9. The summed E-state index contributed by atoms with van der Waals surface area (Å²) in [4.78, 5) is 42.7. The molecule has 1 heterocycles. The molecule has 12 heteroatoms. The van der Waals surface area contributed by atoms with Crippen LogP contribution in [0.1, 0.15) is 96.1 Å². The highest BCUT2D eigenvalue weighted by atomic mass is 32.1. The fourth-order valence-electron chi connectivity index (χ4n) is 5.78. The highest BCUT2D eigenvalue weighted by molar-refractivity contribution is 7.17. The van der Waals surface area contributed by atoms with Crippen molar-refractivity contribution in [1.82, 2.24) is 15.6 Å². The molecule has 1 aromatic heterocycles. The lowest BCUT2D eigenvalue weighted by molar-refractivity contribution is -0.149. The number of alkyl halides is 3. The number of carbonyl (C=O) groups excluding carboxylic acids is 2. The Morgan fingerprint density at radius 1 is 1.14 bits per heavy atom. The van der Waals surface area contributed by atoms with Crippen LogP contribution >= 0.6 is 11.3 Å². The number of aromatic nitrogens is 1. The fraction of sp³-hybridized carbons (Fsp3) is 0.567. The van der Waals surface area contributed by atoms with Gasteiger partial charge in [-0.15, -0.1) is 11.3 Å².